The van der Waals surface area contributed by atoms with E-state index >= 15 is 0 Å². The zero-order chi connectivity index (χ0) is 17.7. The molecule has 1 aliphatic rings. The maximum Gasteiger partial charge on any atom is 0.222 e. The van der Waals surface area contributed by atoms with Gasteiger partial charge in [0.15, 0.2) is 0 Å². The van der Waals surface area contributed by atoms with Gasteiger partial charge in [0.25, 0.3) is 0 Å². The van der Waals surface area contributed by atoms with Gasteiger partial charge in [-0.15, -0.1) is 0 Å². The number of aliphatic hydroxyl groups excluding tert-OH is 1. The highest BCUT2D eigenvalue weighted by Crippen LogP contribution is 2.29. The molecule has 0 radical (unpaired) electrons. The van der Waals surface area contributed by atoms with Gasteiger partial charge in [-0.3, -0.25) is 4.79 Å². The summed E-state index contributed by atoms with van der Waals surface area (Å²) in [5, 5.41) is 13.6. The minimum Gasteiger partial charge on any atom is -0.390 e. The monoisotopic (exact) mass is 336 g/mol. The fraction of sp³-hybridized carbons (Fsp3) is 0.632. The molecule has 2 rings (SSSR count). The van der Waals surface area contributed by atoms with E-state index in [9.17, 15) is 14.3 Å². The Morgan fingerprint density at radius 1 is 1.29 bits per heavy atom. The number of hydrogen-bond acceptors (Lipinski definition) is 3. The van der Waals surface area contributed by atoms with E-state index in [1.54, 1.807) is 17.0 Å². The molecule has 24 heavy (non-hydrogen) atoms. The molecule has 0 bridgehead atoms. The summed E-state index contributed by atoms with van der Waals surface area (Å²) in [5.74, 6) is -0.125. The SMILES string of the molecule is CC(C)(C)CC(NCC(O)CN1CCCC1=O)c1ccc(F)cc1. The lowest BCUT2D eigenvalue weighted by Crippen LogP contribution is -2.40. The number of rotatable bonds is 7. The molecule has 2 N–H and O–H groups in total. The van der Waals surface area contributed by atoms with Gasteiger partial charge in [0.05, 0.1) is 6.10 Å². The Labute approximate surface area is 144 Å². The number of β-amino-alcohol motifs (C(OH)–C–C–N with tert-alkyl or cyclic N) is 1. The lowest BCUT2D eigenvalue weighted by atomic mass is 9.85. The first-order valence-electron chi connectivity index (χ1n) is 8.69. The van der Waals surface area contributed by atoms with Crippen LogP contribution < -0.4 is 5.32 Å². The highest BCUT2D eigenvalue weighted by Gasteiger charge is 2.24. The average molecular weight is 336 g/mol. The first-order valence-corrected chi connectivity index (χ1v) is 8.69. The second-order valence-corrected chi connectivity index (χ2v) is 7.87. The molecule has 0 aliphatic carbocycles. The van der Waals surface area contributed by atoms with Crippen LogP contribution in [-0.2, 0) is 4.79 Å². The summed E-state index contributed by atoms with van der Waals surface area (Å²) < 4.78 is 13.2. The van der Waals surface area contributed by atoms with Crippen LogP contribution in [0.3, 0.4) is 0 Å². The van der Waals surface area contributed by atoms with Crippen molar-refractivity contribution in [1.82, 2.24) is 10.2 Å². The van der Waals surface area contributed by atoms with E-state index in [2.05, 4.69) is 26.1 Å². The van der Waals surface area contributed by atoms with Gasteiger partial charge in [0.1, 0.15) is 5.82 Å². The van der Waals surface area contributed by atoms with Crippen molar-refractivity contribution < 1.29 is 14.3 Å². The van der Waals surface area contributed by atoms with Crippen LogP contribution in [-0.4, -0.2) is 41.7 Å². The van der Waals surface area contributed by atoms with Crippen molar-refractivity contribution >= 4 is 5.91 Å². The minimum atomic E-state index is -0.602. The summed E-state index contributed by atoms with van der Waals surface area (Å²) in [6, 6.07) is 6.54. The first-order chi connectivity index (χ1) is 11.2. The van der Waals surface area contributed by atoms with Crippen LogP contribution >= 0.6 is 0 Å². The Morgan fingerprint density at radius 3 is 2.50 bits per heavy atom. The van der Waals surface area contributed by atoms with Crippen LogP contribution in [0.5, 0.6) is 0 Å². The predicted octanol–water partition coefficient (Wildman–Crippen LogP) is 2.88. The molecule has 0 spiro atoms. The minimum absolute atomic E-state index is 0.0366. The summed E-state index contributed by atoms with van der Waals surface area (Å²) in [6.07, 6.45) is 1.73. The Hall–Kier alpha value is -1.46. The van der Waals surface area contributed by atoms with Gasteiger partial charge in [0, 0.05) is 32.1 Å². The van der Waals surface area contributed by atoms with E-state index in [4.69, 9.17) is 0 Å². The molecule has 1 saturated heterocycles. The van der Waals surface area contributed by atoms with Crippen molar-refractivity contribution in [3.63, 3.8) is 0 Å². The lowest BCUT2D eigenvalue weighted by Gasteiger charge is -2.29. The molecule has 1 aromatic carbocycles. The number of halogens is 1. The summed E-state index contributed by atoms with van der Waals surface area (Å²) in [7, 11) is 0. The summed E-state index contributed by atoms with van der Waals surface area (Å²) >= 11 is 0. The van der Waals surface area contributed by atoms with E-state index in [-0.39, 0.29) is 23.2 Å². The number of nitrogens with one attached hydrogen (secondary N) is 1. The number of nitrogens with zero attached hydrogens (tertiary/aromatic N) is 1. The number of carbonyl (C=O) groups is 1. The molecule has 4 nitrogen and oxygen atoms in total. The van der Waals surface area contributed by atoms with Crippen molar-refractivity contribution in [2.24, 2.45) is 5.41 Å². The molecule has 2 atom stereocenters. The molecule has 0 aromatic heterocycles. The summed E-state index contributed by atoms with van der Waals surface area (Å²) in [5.41, 5.74) is 1.11. The fourth-order valence-corrected chi connectivity index (χ4v) is 3.11. The number of hydrogen-bond donors (Lipinski definition) is 2. The Bertz CT molecular complexity index is 539. The second kappa shape index (κ2) is 8.08. The molecule has 1 heterocycles. The summed E-state index contributed by atoms with van der Waals surface area (Å²) in [4.78, 5) is 13.4. The molecule has 1 fully saturated rings. The lowest BCUT2D eigenvalue weighted by molar-refractivity contribution is -0.128. The van der Waals surface area contributed by atoms with E-state index in [0.717, 1.165) is 24.9 Å². The van der Waals surface area contributed by atoms with Gasteiger partial charge in [0.2, 0.25) is 5.91 Å². The Morgan fingerprint density at radius 2 is 1.96 bits per heavy atom. The van der Waals surface area contributed by atoms with Gasteiger partial charge < -0.3 is 15.3 Å². The standard InChI is InChI=1S/C19H29FN2O2/c1-19(2,3)11-17(14-6-8-15(20)9-7-14)21-12-16(23)13-22-10-4-5-18(22)24/h6-9,16-17,21,23H,4-5,10-13H2,1-3H3. The first kappa shape index (κ1) is 18.9. The summed E-state index contributed by atoms with van der Waals surface area (Å²) in [6.45, 7) is 7.98. The van der Waals surface area contributed by atoms with Crippen LogP contribution in [0.4, 0.5) is 4.39 Å². The quantitative estimate of drug-likeness (QED) is 0.805. The van der Waals surface area contributed by atoms with Crippen molar-refractivity contribution in [3.05, 3.63) is 35.6 Å². The maximum atomic E-state index is 13.2. The third-order valence-electron chi connectivity index (χ3n) is 4.29. The van der Waals surface area contributed by atoms with Crippen LogP contribution in [0.1, 0.15) is 51.6 Å². The highest BCUT2D eigenvalue weighted by atomic mass is 19.1. The Kier molecular flexibility index (Phi) is 6.35. The molecule has 134 valence electrons. The number of carbonyl (C=O) groups excluding carboxylic acids is 1. The van der Waals surface area contributed by atoms with E-state index in [0.29, 0.717) is 19.5 Å². The Balaban J connectivity index is 1.94. The van der Waals surface area contributed by atoms with Gasteiger partial charge in [-0.25, -0.2) is 4.39 Å². The molecule has 0 saturated carbocycles. The zero-order valence-electron chi connectivity index (χ0n) is 14.9. The third kappa shape index (κ3) is 5.87. The molecule has 1 aromatic rings. The third-order valence-corrected chi connectivity index (χ3v) is 4.29. The maximum absolute atomic E-state index is 13.2. The van der Waals surface area contributed by atoms with Gasteiger partial charge in [-0.05, 0) is 36.0 Å². The average Bonchev–Trinajstić information content (AvgIpc) is 2.88. The van der Waals surface area contributed by atoms with Crippen molar-refractivity contribution in [1.29, 1.82) is 0 Å². The van der Waals surface area contributed by atoms with E-state index < -0.39 is 6.10 Å². The molecular weight excluding hydrogens is 307 g/mol. The van der Waals surface area contributed by atoms with Crippen molar-refractivity contribution in [2.45, 2.75) is 52.2 Å². The van der Waals surface area contributed by atoms with E-state index in [1.807, 2.05) is 0 Å². The molecule has 1 amide bonds. The highest BCUT2D eigenvalue weighted by molar-refractivity contribution is 5.78. The molecule has 5 heteroatoms. The van der Waals surface area contributed by atoms with Crippen LogP contribution in [0, 0.1) is 11.2 Å². The largest absolute Gasteiger partial charge is 0.390 e. The second-order valence-electron chi connectivity index (χ2n) is 7.87. The zero-order valence-corrected chi connectivity index (χ0v) is 14.9. The van der Waals surface area contributed by atoms with Crippen molar-refractivity contribution in [2.75, 3.05) is 19.6 Å². The van der Waals surface area contributed by atoms with Gasteiger partial charge in [-0.2, -0.15) is 0 Å². The van der Waals surface area contributed by atoms with Gasteiger partial charge >= 0.3 is 0 Å². The topological polar surface area (TPSA) is 52.6 Å². The number of benzene rings is 1. The van der Waals surface area contributed by atoms with E-state index in [1.165, 1.54) is 12.1 Å². The van der Waals surface area contributed by atoms with Crippen LogP contribution in [0.15, 0.2) is 24.3 Å². The normalized spacial score (nSPS) is 18.0. The molecule has 1 aliphatic heterocycles. The smallest absolute Gasteiger partial charge is 0.222 e. The number of aliphatic hydroxyl groups is 1. The van der Waals surface area contributed by atoms with Gasteiger partial charge in [-0.1, -0.05) is 32.9 Å². The number of likely N-dealkylation sites (tertiary alicyclic amines) is 1. The fourth-order valence-electron chi connectivity index (χ4n) is 3.11. The van der Waals surface area contributed by atoms with Crippen LogP contribution in [0.2, 0.25) is 0 Å². The predicted molar refractivity (Wildman–Crippen MR) is 93.0 cm³/mol. The molecule has 2 unspecified atom stereocenters. The van der Waals surface area contributed by atoms with Crippen molar-refractivity contribution in [3.8, 4) is 0 Å². The molecular formula is C19H29FN2O2. The number of amides is 1. The van der Waals surface area contributed by atoms with Crippen LogP contribution in [0.25, 0.3) is 0 Å².